The molecule has 110 valence electrons. The van der Waals surface area contributed by atoms with Gasteiger partial charge in [0.05, 0.1) is 13.2 Å². The third-order valence-corrected chi connectivity index (χ3v) is 3.74. The van der Waals surface area contributed by atoms with Gasteiger partial charge in [0, 0.05) is 12.1 Å². The molecule has 1 atom stereocenters. The molecule has 1 aromatic carbocycles. The minimum atomic E-state index is 0.293. The van der Waals surface area contributed by atoms with E-state index in [2.05, 4.69) is 53.2 Å². The molecule has 21 heavy (non-hydrogen) atoms. The third kappa shape index (κ3) is 2.78. The van der Waals surface area contributed by atoms with Crippen molar-refractivity contribution in [3.8, 4) is 5.75 Å². The lowest BCUT2D eigenvalue weighted by atomic mass is 10.1. The average molecular weight is 284 g/mol. The Morgan fingerprint density at radius 2 is 2.05 bits per heavy atom. The first-order chi connectivity index (χ1) is 10.2. The van der Waals surface area contributed by atoms with Gasteiger partial charge >= 0.3 is 0 Å². The van der Waals surface area contributed by atoms with Gasteiger partial charge in [-0.25, -0.2) is 10.4 Å². The number of nitrogens with one attached hydrogen (secondary N) is 3. The molecule has 0 amide bonds. The third-order valence-electron chi connectivity index (χ3n) is 3.74. The van der Waals surface area contributed by atoms with E-state index in [0.29, 0.717) is 6.04 Å². The number of hydrogen-bond donors (Lipinski definition) is 3. The zero-order chi connectivity index (χ0) is 14.8. The van der Waals surface area contributed by atoms with Gasteiger partial charge in [-0.1, -0.05) is 12.1 Å². The molecule has 3 rings (SSSR count). The van der Waals surface area contributed by atoms with Gasteiger partial charge in [0.2, 0.25) is 0 Å². The van der Waals surface area contributed by atoms with Crippen molar-refractivity contribution in [1.29, 1.82) is 0 Å². The molecule has 0 aliphatic carbocycles. The van der Waals surface area contributed by atoms with Crippen LogP contribution in [0.15, 0.2) is 30.3 Å². The number of fused-ring (bicyclic) bond motifs is 1. The summed E-state index contributed by atoms with van der Waals surface area (Å²) in [6.45, 7) is 4.93. The van der Waals surface area contributed by atoms with Crippen LogP contribution < -0.4 is 20.9 Å². The van der Waals surface area contributed by atoms with Crippen LogP contribution in [0, 0.1) is 6.92 Å². The molecule has 1 aliphatic heterocycles. The molecule has 1 aromatic heterocycles. The summed E-state index contributed by atoms with van der Waals surface area (Å²) in [4.78, 5) is 4.64. The zero-order valence-electron chi connectivity index (χ0n) is 12.5. The van der Waals surface area contributed by atoms with Crippen LogP contribution in [-0.2, 0) is 6.54 Å². The quantitative estimate of drug-likeness (QED) is 0.806. The SMILES string of the molecule is COc1ccc(CNc2nc3c(cc2C)C(C)NN3)cc1. The lowest BCUT2D eigenvalue weighted by Gasteiger charge is -2.11. The highest BCUT2D eigenvalue weighted by molar-refractivity contribution is 5.58. The fourth-order valence-corrected chi connectivity index (χ4v) is 2.43. The second-order valence-corrected chi connectivity index (χ2v) is 5.28. The maximum atomic E-state index is 5.16. The van der Waals surface area contributed by atoms with Crippen molar-refractivity contribution in [3.63, 3.8) is 0 Å². The van der Waals surface area contributed by atoms with E-state index in [4.69, 9.17) is 4.74 Å². The van der Waals surface area contributed by atoms with Crippen LogP contribution in [0.25, 0.3) is 0 Å². The number of nitrogens with zero attached hydrogens (tertiary/aromatic N) is 1. The van der Waals surface area contributed by atoms with E-state index < -0.39 is 0 Å². The number of hydrazine groups is 1. The van der Waals surface area contributed by atoms with E-state index in [9.17, 15) is 0 Å². The number of pyridine rings is 1. The number of benzene rings is 1. The number of ether oxygens (including phenoxy) is 1. The number of aromatic nitrogens is 1. The molecule has 2 aromatic rings. The number of anilines is 2. The van der Waals surface area contributed by atoms with Crippen LogP contribution in [0.3, 0.4) is 0 Å². The van der Waals surface area contributed by atoms with Crippen molar-refractivity contribution >= 4 is 11.6 Å². The van der Waals surface area contributed by atoms with Crippen molar-refractivity contribution in [3.05, 3.63) is 47.0 Å². The lowest BCUT2D eigenvalue weighted by molar-refractivity contribution is 0.414. The highest BCUT2D eigenvalue weighted by Crippen LogP contribution is 2.29. The number of methoxy groups -OCH3 is 1. The van der Waals surface area contributed by atoms with Gasteiger partial charge in [-0.3, -0.25) is 0 Å². The van der Waals surface area contributed by atoms with Crippen LogP contribution in [0.5, 0.6) is 5.75 Å². The predicted octanol–water partition coefficient (Wildman–Crippen LogP) is 3.00. The van der Waals surface area contributed by atoms with Gasteiger partial charge in [0.15, 0.2) is 0 Å². The minimum absolute atomic E-state index is 0.293. The van der Waals surface area contributed by atoms with E-state index in [-0.39, 0.29) is 0 Å². The molecular formula is C16H20N4O. The second kappa shape index (κ2) is 5.61. The summed E-state index contributed by atoms with van der Waals surface area (Å²) in [6, 6.07) is 10.5. The summed E-state index contributed by atoms with van der Waals surface area (Å²) in [6.07, 6.45) is 0. The zero-order valence-corrected chi connectivity index (χ0v) is 12.5. The van der Waals surface area contributed by atoms with E-state index >= 15 is 0 Å². The predicted molar refractivity (Wildman–Crippen MR) is 84.5 cm³/mol. The van der Waals surface area contributed by atoms with E-state index in [0.717, 1.165) is 29.5 Å². The van der Waals surface area contributed by atoms with E-state index in [1.807, 2.05) is 12.1 Å². The number of aryl methyl sites for hydroxylation is 1. The van der Waals surface area contributed by atoms with Crippen molar-refractivity contribution in [2.45, 2.75) is 26.4 Å². The topological polar surface area (TPSA) is 58.2 Å². The Morgan fingerprint density at radius 3 is 2.76 bits per heavy atom. The molecule has 1 aliphatic rings. The van der Waals surface area contributed by atoms with Crippen molar-refractivity contribution in [2.75, 3.05) is 17.9 Å². The molecule has 1 unspecified atom stereocenters. The van der Waals surface area contributed by atoms with Gasteiger partial charge in [0.1, 0.15) is 17.4 Å². The first-order valence-electron chi connectivity index (χ1n) is 7.07. The van der Waals surface area contributed by atoms with E-state index in [1.54, 1.807) is 7.11 Å². The summed E-state index contributed by atoms with van der Waals surface area (Å²) < 4.78 is 5.16. The molecule has 3 N–H and O–H groups in total. The van der Waals surface area contributed by atoms with Crippen molar-refractivity contribution < 1.29 is 4.74 Å². The average Bonchev–Trinajstić information content (AvgIpc) is 2.86. The summed E-state index contributed by atoms with van der Waals surface area (Å²) in [5.74, 6) is 2.69. The number of rotatable bonds is 4. The first kappa shape index (κ1) is 13.7. The molecule has 5 nitrogen and oxygen atoms in total. The Bertz CT molecular complexity index is 639. The van der Waals surface area contributed by atoms with Crippen LogP contribution in [0.4, 0.5) is 11.6 Å². The smallest absolute Gasteiger partial charge is 0.147 e. The van der Waals surface area contributed by atoms with Gasteiger partial charge in [-0.05, 0) is 43.2 Å². The fraction of sp³-hybridized carbons (Fsp3) is 0.312. The Morgan fingerprint density at radius 1 is 1.29 bits per heavy atom. The van der Waals surface area contributed by atoms with Crippen molar-refractivity contribution in [2.24, 2.45) is 0 Å². The molecule has 0 radical (unpaired) electrons. The highest BCUT2D eigenvalue weighted by Gasteiger charge is 2.20. The molecule has 2 heterocycles. The lowest BCUT2D eigenvalue weighted by Crippen LogP contribution is -2.15. The molecule has 5 heteroatoms. The maximum Gasteiger partial charge on any atom is 0.147 e. The summed E-state index contributed by atoms with van der Waals surface area (Å²) >= 11 is 0. The summed E-state index contributed by atoms with van der Waals surface area (Å²) in [7, 11) is 1.67. The minimum Gasteiger partial charge on any atom is -0.497 e. The maximum absolute atomic E-state index is 5.16. The Hall–Kier alpha value is -2.27. The van der Waals surface area contributed by atoms with Gasteiger partial charge in [-0.15, -0.1) is 0 Å². The molecule has 0 saturated carbocycles. The Labute approximate surface area is 124 Å². The normalized spacial score (nSPS) is 16.2. The van der Waals surface area contributed by atoms with Crippen LogP contribution in [-0.4, -0.2) is 12.1 Å². The monoisotopic (exact) mass is 284 g/mol. The van der Waals surface area contributed by atoms with Gasteiger partial charge in [-0.2, -0.15) is 0 Å². The summed E-state index contributed by atoms with van der Waals surface area (Å²) in [5.41, 5.74) is 9.84. The van der Waals surface area contributed by atoms with Crippen LogP contribution in [0.2, 0.25) is 0 Å². The van der Waals surface area contributed by atoms with Crippen LogP contribution >= 0.6 is 0 Å². The largest absolute Gasteiger partial charge is 0.497 e. The fourth-order valence-electron chi connectivity index (χ4n) is 2.43. The van der Waals surface area contributed by atoms with Gasteiger partial charge < -0.3 is 15.5 Å². The molecule has 0 fully saturated rings. The standard InChI is InChI=1S/C16H20N4O/c1-10-8-14-11(2)19-20-16(14)18-15(10)17-9-12-4-6-13(21-3)7-5-12/h4-8,11,19H,9H2,1-3H3,(H2,17,18,20). The molecule has 0 spiro atoms. The highest BCUT2D eigenvalue weighted by atomic mass is 16.5. The van der Waals surface area contributed by atoms with E-state index in [1.165, 1.54) is 11.1 Å². The number of hydrogen-bond acceptors (Lipinski definition) is 5. The Kier molecular flexibility index (Phi) is 3.66. The van der Waals surface area contributed by atoms with Crippen molar-refractivity contribution in [1.82, 2.24) is 10.4 Å². The molecular weight excluding hydrogens is 264 g/mol. The molecule has 0 saturated heterocycles. The van der Waals surface area contributed by atoms with Crippen LogP contribution in [0.1, 0.15) is 29.7 Å². The Balaban J connectivity index is 1.73. The van der Waals surface area contributed by atoms with Gasteiger partial charge in [0.25, 0.3) is 0 Å². The summed E-state index contributed by atoms with van der Waals surface area (Å²) in [5, 5.41) is 3.39. The molecule has 0 bridgehead atoms. The second-order valence-electron chi connectivity index (χ2n) is 5.28. The first-order valence-corrected chi connectivity index (χ1v) is 7.07.